The highest BCUT2D eigenvalue weighted by molar-refractivity contribution is 7.89. The van der Waals surface area contributed by atoms with Crippen LogP contribution in [-0.4, -0.2) is 14.5 Å². The lowest BCUT2D eigenvalue weighted by Crippen LogP contribution is -2.25. The van der Waals surface area contributed by atoms with Gasteiger partial charge in [0.25, 0.3) is 0 Å². The number of hydrogen-bond acceptors (Lipinski definition) is 3. The second kappa shape index (κ2) is 4.36. The smallest absolute Gasteiger partial charge is 0.238 e. The van der Waals surface area contributed by atoms with Crippen molar-refractivity contribution in [2.75, 3.05) is 0 Å². The van der Waals surface area contributed by atoms with Gasteiger partial charge < -0.3 is 5.73 Å². The number of primary sulfonamides is 1. The fourth-order valence-corrected chi connectivity index (χ4v) is 2.34. The minimum absolute atomic E-state index is 0.0511. The van der Waals surface area contributed by atoms with Gasteiger partial charge in [0.05, 0.1) is 4.90 Å². The van der Waals surface area contributed by atoms with Gasteiger partial charge in [-0.15, -0.1) is 0 Å². The highest BCUT2D eigenvalue weighted by atomic mass is 32.2. The van der Waals surface area contributed by atoms with E-state index in [0.29, 0.717) is 17.9 Å². The average molecular weight is 258 g/mol. The van der Waals surface area contributed by atoms with Crippen LogP contribution in [0.1, 0.15) is 18.4 Å². The normalized spacial score (nSPS) is 18.1. The molecule has 0 bridgehead atoms. The summed E-state index contributed by atoms with van der Waals surface area (Å²) in [5.74, 6) is -0.0834. The molecular weight excluding hydrogens is 243 g/mol. The van der Waals surface area contributed by atoms with Gasteiger partial charge in [-0.05, 0) is 42.9 Å². The second-order valence-corrected chi connectivity index (χ2v) is 6.07. The highest BCUT2D eigenvalue weighted by Crippen LogP contribution is 2.33. The molecule has 0 heterocycles. The molecule has 2 rings (SSSR count). The van der Waals surface area contributed by atoms with Gasteiger partial charge in [-0.25, -0.2) is 17.9 Å². The third-order valence-corrected chi connectivity index (χ3v) is 3.95. The summed E-state index contributed by atoms with van der Waals surface area (Å²) in [6, 6.07) is 3.65. The van der Waals surface area contributed by atoms with Crippen molar-refractivity contribution in [3.05, 3.63) is 29.6 Å². The van der Waals surface area contributed by atoms with E-state index in [-0.39, 0.29) is 10.9 Å². The van der Waals surface area contributed by atoms with Gasteiger partial charge in [0.15, 0.2) is 0 Å². The Kier molecular flexibility index (Phi) is 3.20. The van der Waals surface area contributed by atoms with Crippen LogP contribution in [0.5, 0.6) is 0 Å². The van der Waals surface area contributed by atoms with E-state index in [2.05, 4.69) is 0 Å². The summed E-state index contributed by atoms with van der Waals surface area (Å²) >= 11 is 0. The summed E-state index contributed by atoms with van der Waals surface area (Å²) < 4.78 is 35.7. The number of sulfonamides is 1. The molecule has 17 heavy (non-hydrogen) atoms. The van der Waals surface area contributed by atoms with Crippen molar-refractivity contribution >= 4 is 10.0 Å². The zero-order valence-electron chi connectivity index (χ0n) is 9.27. The third-order valence-electron chi connectivity index (χ3n) is 3.04. The van der Waals surface area contributed by atoms with E-state index >= 15 is 0 Å². The van der Waals surface area contributed by atoms with Gasteiger partial charge in [0, 0.05) is 6.04 Å². The Balaban J connectivity index is 2.19. The van der Waals surface area contributed by atoms with E-state index < -0.39 is 15.8 Å². The lowest BCUT2D eigenvalue weighted by atomic mass is 10.0. The highest BCUT2D eigenvalue weighted by Gasteiger charge is 2.29. The third kappa shape index (κ3) is 3.02. The van der Waals surface area contributed by atoms with Crippen molar-refractivity contribution in [3.63, 3.8) is 0 Å². The first-order valence-corrected chi connectivity index (χ1v) is 6.99. The first kappa shape index (κ1) is 12.5. The number of halogens is 1. The summed E-state index contributed by atoms with van der Waals surface area (Å²) in [5.41, 5.74) is 6.34. The Morgan fingerprint density at radius 2 is 2.06 bits per heavy atom. The van der Waals surface area contributed by atoms with Crippen molar-refractivity contribution in [3.8, 4) is 0 Å². The van der Waals surface area contributed by atoms with E-state index in [4.69, 9.17) is 10.9 Å². The Labute approximate surface area is 99.9 Å². The molecule has 0 saturated heterocycles. The molecule has 4 nitrogen and oxygen atoms in total. The Morgan fingerprint density at radius 3 is 2.53 bits per heavy atom. The molecule has 1 unspecified atom stereocenters. The van der Waals surface area contributed by atoms with E-state index in [0.717, 1.165) is 18.9 Å². The van der Waals surface area contributed by atoms with Crippen molar-refractivity contribution < 1.29 is 12.8 Å². The molecule has 1 fully saturated rings. The van der Waals surface area contributed by atoms with E-state index in [1.165, 1.54) is 12.1 Å². The monoisotopic (exact) mass is 258 g/mol. The molecule has 0 aliphatic heterocycles. The summed E-state index contributed by atoms with van der Waals surface area (Å²) in [6.45, 7) is 0. The van der Waals surface area contributed by atoms with Crippen LogP contribution >= 0.6 is 0 Å². The van der Waals surface area contributed by atoms with Crippen molar-refractivity contribution in [2.24, 2.45) is 16.8 Å². The van der Waals surface area contributed by atoms with Crippen LogP contribution in [-0.2, 0) is 16.4 Å². The number of rotatable bonds is 4. The molecule has 0 radical (unpaired) electrons. The van der Waals surface area contributed by atoms with Crippen LogP contribution in [0.4, 0.5) is 4.39 Å². The molecule has 1 aromatic carbocycles. The molecule has 0 spiro atoms. The first-order chi connectivity index (χ1) is 7.88. The predicted molar refractivity (Wildman–Crippen MR) is 62.2 cm³/mol. The van der Waals surface area contributed by atoms with Gasteiger partial charge in [-0.3, -0.25) is 0 Å². The fraction of sp³-hybridized carbons (Fsp3) is 0.455. The molecule has 94 valence electrons. The topological polar surface area (TPSA) is 86.2 Å². The molecule has 1 atom stereocenters. The number of hydrogen-bond donors (Lipinski definition) is 2. The van der Waals surface area contributed by atoms with E-state index in [1.807, 2.05) is 0 Å². The zero-order chi connectivity index (χ0) is 12.6. The Bertz CT molecular complexity index is 526. The zero-order valence-corrected chi connectivity index (χ0v) is 10.1. The SMILES string of the molecule is NC(Cc1ccc(S(N)(=O)=O)cc1F)C1CC1. The maximum absolute atomic E-state index is 13.6. The molecule has 4 N–H and O–H groups in total. The molecular formula is C11H15FN2O2S. The van der Waals surface area contributed by atoms with Crippen LogP contribution in [0.2, 0.25) is 0 Å². The lowest BCUT2D eigenvalue weighted by molar-refractivity contribution is 0.551. The Morgan fingerprint density at radius 1 is 1.41 bits per heavy atom. The van der Waals surface area contributed by atoms with Crippen LogP contribution in [0.15, 0.2) is 23.1 Å². The predicted octanol–water partition coefficient (Wildman–Crippen LogP) is 0.753. The van der Waals surface area contributed by atoms with Crippen LogP contribution in [0, 0.1) is 11.7 Å². The number of nitrogens with two attached hydrogens (primary N) is 2. The van der Waals surface area contributed by atoms with Crippen LogP contribution in [0.3, 0.4) is 0 Å². The molecule has 1 aromatic rings. The first-order valence-electron chi connectivity index (χ1n) is 5.45. The molecule has 1 saturated carbocycles. The Hall–Kier alpha value is -0.980. The number of benzene rings is 1. The van der Waals surface area contributed by atoms with Gasteiger partial charge >= 0.3 is 0 Å². The molecule has 0 amide bonds. The minimum Gasteiger partial charge on any atom is -0.327 e. The van der Waals surface area contributed by atoms with Crippen LogP contribution < -0.4 is 10.9 Å². The van der Waals surface area contributed by atoms with Crippen molar-refractivity contribution in [2.45, 2.75) is 30.2 Å². The fourth-order valence-electron chi connectivity index (χ4n) is 1.82. The molecule has 0 aromatic heterocycles. The van der Waals surface area contributed by atoms with E-state index in [1.54, 1.807) is 0 Å². The van der Waals surface area contributed by atoms with Gasteiger partial charge in [0.2, 0.25) is 10.0 Å². The summed E-state index contributed by atoms with van der Waals surface area (Å²) in [7, 11) is -3.85. The molecule has 1 aliphatic carbocycles. The van der Waals surface area contributed by atoms with Gasteiger partial charge in [-0.2, -0.15) is 0 Å². The quantitative estimate of drug-likeness (QED) is 0.835. The van der Waals surface area contributed by atoms with Crippen molar-refractivity contribution in [1.82, 2.24) is 0 Å². The largest absolute Gasteiger partial charge is 0.327 e. The molecule has 1 aliphatic rings. The maximum Gasteiger partial charge on any atom is 0.238 e. The van der Waals surface area contributed by atoms with Gasteiger partial charge in [-0.1, -0.05) is 6.07 Å². The second-order valence-electron chi connectivity index (χ2n) is 4.50. The lowest BCUT2D eigenvalue weighted by Gasteiger charge is -2.11. The van der Waals surface area contributed by atoms with E-state index in [9.17, 15) is 12.8 Å². The summed E-state index contributed by atoms with van der Waals surface area (Å²) in [4.78, 5) is -0.209. The minimum atomic E-state index is -3.85. The maximum atomic E-state index is 13.6. The average Bonchev–Trinajstić information content (AvgIpc) is 3.02. The summed E-state index contributed by atoms with van der Waals surface area (Å²) in [5, 5.41) is 4.92. The van der Waals surface area contributed by atoms with Gasteiger partial charge in [0.1, 0.15) is 5.82 Å². The standard InChI is InChI=1S/C11H15FN2O2S/c12-10-6-9(17(14,15)16)4-3-8(10)5-11(13)7-1-2-7/h3-4,6-7,11H,1-2,5,13H2,(H2,14,15,16). The molecule has 6 heteroatoms. The van der Waals surface area contributed by atoms with Crippen LogP contribution in [0.25, 0.3) is 0 Å². The van der Waals surface area contributed by atoms with Crippen molar-refractivity contribution in [1.29, 1.82) is 0 Å². The summed E-state index contributed by atoms with van der Waals surface area (Å²) in [6.07, 6.45) is 2.62.